The molecule has 0 bridgehead atoms. The zero-order chi connectivity index (χ0) is 12.0. The van der Waals surface area contributed by atoms with Gasteiger partial charge >= 0.3 is 0 Å². The lowest BCUT2D eigenvalue weighted by atomic mass is 9.82. The fraction of sp³-hybridized carbons (Fsp3) is 0.200. The quantitative estimate of drug-likeness (QED) is 0.676. The summed E-state index contributed by atoms with van der Waals surface area (Å²) in [6, 6.07) is 8.58. The minimum absolute atomic E-state index is 0.0541. The number of thioether (sulfide) groups is 1. The summed E-state index contributed by atoms with van der Waals surface area (Å²) in [4.78, 5) is 0. The van der Waals surface area contributed by atoms with E-state index in [4.69, 9.17) is 0 Å². The molecule has 0 fully saturated rings. The van der Waals surface area contributed by atoms with Crippen molar-refractivity contribution >= 4 is 22.7 Å². The van der Waals surface area contributed by atoms with Crippen molar-refractivity contribution in [3.8, 4) is 0 Å². The van der Waals surface area contributed by atoms with E-state index in [0.717, 1.165) is 0 Å². The van der Waals surface area contributed by atoms with E-state index in [1.807, 2.05) is 6.08 Å². The Kier molecular flexibility index (Phi) is 2.23. The smallest absolute Gasteiger partial charge is 0.0843 e. The summed E-state index contributed by atoms with van der Waals surface area (Å²) in [5.74, 6) is 0. The molecular formula is C15H15NS. The monoisotopic (exact) mass is 241 g/mol. The van der Waals surface area contributed by atoms with Gasteiger partial charge in [-0.15, -0.1) is 6.58 Å². The maximum atomic E-state index is 4.00. The highest BCUT2D eigenvalue weighted by Crippen LogP contribution is 2.45. The molecule has 3 rings (SSSR count). The number of aromatic nitrogens is 1. The van der Waals surface area contributed by atoms with Gasteiger partial charge in [0.2, 0.25) is 0 Å². The van der Waals surface area contributed by atoms with Gasteiger partial charge in [0.15, 0.2) is 0 Å². The third-order valence-electron chi connectivity index (χ3n) is 3.61. The van der Waals surface area contributed by atoms with Crippen molar-refractivity contribution in [1.82, 2.24) is 4.57 Å². The molecule has 0 aliphatic carbocycles. The third-order valence-corrected chi connectivity index (χ3v) is 4.58. The third kappa shape index (κ3) is 1.34. The largest absolute Gasteiger partial charge is 0.338 e. The molecule has 0 saturated heterocycles. The number of allylic oxidation sites excluding steroid dienone is 2. The molecule has 86 valence electrons. The van der Waals surface area contributed by atoms with Crippen LogP contribution in [0.3, 0.4) is 0 Å². The average molecular weight is 241 g/mol. The van der Waals surface area contributed by atoms with E-state index in [9.17, 15) is 0 Å². The van der Waals surface area contributed by atoms with E-state index >= 15 is 0 Å². The van der Waals surface area contributed by atoms with Gasteiger partial charge in [-0.1, -0.05) is 42.1 Å². The first-order valence-corrected chi connectivity index (χ1v) is 6.61. The second-order valence-corrected chi connectivity index (χ2v) is 5.56. The molecule has 17 heavy (non-hydrogen) atoms. The summed E-state index contributed by atoms with van der Waals surface area (Å²) in [5, 5.41) is 4.84. The highest BCUT2D eigenvalue weighted by Gasteiger charge is 2.31. The number of benzene rings is 1. The summed E-state index contributed by atoms with van der Waals surface area (Å²) < 4.78 is 2.28. The molecule has 1 aromatic heterocycles. The van der Waals surface area contributed by atoms with Crippen LogP contribution < -0.4 is 0 Å². The van der Waals surface area contributed by atoms with Gasteiger partial charge in [0.05, 0.1) is 5.03 Å². The first-order chi connectivity index (χ1) is 8.17. The number of hydrogen-bond acceptors (Lipinski definition) is 1. The number of hydrogen-bond donors (Lipinski definition) is 0. The number of rotatable bonds is 1. The zero-order valence-corrected chi connectivity index (χ0v) is 10.9. The Balaban J connectivity index is 2.46. The lowest BCUT2D eigenvalue weighted by molar-refractivity contribution is 0.714. The predicted molar refractivity (Wildman–Crippen MR) is 75.5 cm³/mol. The molecule has 1 aromatic carbocycles. The molecule has 0 radical (unpaired) electrons. The number of fused-ring (bicyclic) bond motifs is 3. The van der Waals surface area contributed by atoms with Gasteiger partial charge in [0.1, 0.15) is 0 Å². The second kappa shape index (κ2) is 3.54. The van der Waals surface area contributed by atoms with E-state index in [2.05, 4.69) is 60.9 Å². The van der Waals surface area contributed by atoms with Crippen LogP contribution in [0.25, 0.3) is 10.9 Å². The summed E-state index contributed by atoms with van der Waals surface area (Å²) in [6.07, 6.45) is 4.27. The summed E-state index contributed by atoms with van der Waals surface area (Å²) in [6.45, 7) is 6.22. The van der Waals surface area contributed by atoms with Crippen LogP contribution in [0.15, 0.2) is 53.4 Å². The van der Waals surface area contributed by atoms with E-state index in [-0.39, 0.29) is 5.41 Å². The molecule has 1 atom stereocenters. The second-order valence-electron chi connectivity index (χ2n) is 4.66. The van der Waals surface area contributed by atoms with Crippen molar-refractivity contribution in [3.63, 3.8) is 0 Å². The summed E-state index contributed by atoms with van der Waals surface area (Å²) >= 11 is 1.79. The van der Waals surface area contributed by atoms with Gasteiger partial charge in [-0.2, -0.15) is 0 Å². The normalized spacial score (nSPS) is 22.7. The highest BCUT2D eigenvalue weighted by molar-refractivity contribution is 8.02. The molecule has 0 N–H and O–H groups in total. The SMILES string of the molecule is C=CC1(C)C=CSc2c1c1ccccc1n2C. The molecule has 2 aromatic rings. The first kappa shape index (κ1) is 10.7. The Morgan fingerprint density at radius 1 is 1.35 bits per heavy atom. The molecule has 0 amide bonds. The Morgan fingerprint density at radius 3 is 2.88 bits per heavy atom. The van der Waals surface area contributed by atoms with Crippen molar-refractivity contribution in [2.75, 3.05) is 0 Å². The molecule has 0 saturated carbocycles. The van der Waals surface area contributed by atoms with E-state index in [1.165, 1.54) is 21.5 Å². The van der Waals surface area contributed by atoms with Crippen LogP contribution in [-0.4, -0.2) is 4.57 Å². The van der Waals surface area contributed by atoms with E-state index < -0.39 is 0 Å². The Morgan fingerprint density at radius 2 is 2.12 bits per heavy atom. The molecule has 1 aliphatic heterocycles. The lowest BCUT2D eigenvalue weighted by Gasteiger charge is -2.26. The average Bonchev–Trinajstić information content (AvgIpc) is 2.66. The Bertz CT molecular complexity index is 636. The zero-order valence-electron chi connectivity index (χ0n) is 10.1. The number of nitrogens with zero attached hydrogens (tertiary/aromatic N) is 1. The minimum atomic E-state index is -0.0541. The van der Waals surface area contributed by atoms with Gasteiger partial charge in [-0.25, -0.2) is 0 Å². The standard InChI is InChI=1S/C15H15NS/c1-4-15(2)9-10-17-14-13(15)11-7-5-6-8-12(11)16(14)3/h4-10H,1H2,2-3H3. The number of para-hydroxylation sites is 1. The maximum absolute atomic E-state index is 4.00. The number of aryl methyl sites for hydroxylation is 1. The molecule has 2 heteroatoms. The molecule has 1 nitrogen and oxygen atoms in total. The van der Waals surface area contributed by atoms with Gasteiger partial charge in [0, 0.05) is 28.9 Å². The fourth-order valence-electron chi connectivity index (χ4n) is 2.52. The summed E-state index contributed by atoms with van der Waals surface area (Å²) in [5.41, 5.74) is 2.63. The molecule has 0 spiro atoms. The van der Waals surface area contributed by atoms with Crippen LogP contribution in [-0.2, 0) is 12.5 Å². The van der Waals surface area contributed by atoms with Crippen molar-refractivity contribution < 1.29 is 0 Å². The van der Waals surface area contributed by atoms with Crippen LogP contribution >= 0.6 is 11.8 Å². The molecule has 1 aliphatic rings. The van der Waals surface area contributed by atoms with Crippen molar-refractivity contribution in [1.29, 1.82) is 0 Å². The molecule has 1 unspecified atom stereocenters. The molecular weight excluding hydrogens is 226 g/mol. The first-order valence-electron chi connectivity index (χ1n) is 5.73. The van der Waals surface area contributed by atoms with E-state index in [1.54, 1.807) is 11.8 Å². The Hall–Kier alpha value is -1.41. The van der Waals surface area contributed by atoms with Crippen LogP contribution in [0.5, 0.6) is 0 Å². The van der Waals surface area contributed by atoms with Crippen LogP contribution in [0, 0.1) is 0 Å². The van der Waals surface area contributed by atoms with Crippen LogP contribution in [0.2, 0.25) is 0 Å². The van der Waals surface area contributed by atoms with Crippen molar-refractivity contribution in [2.45, 2.75) is 17.4 Å². The van der Waals surface area contributed by atoms with E-state index in [0.29, 0.717) is 0 Å². The minimum Gasteiger partial charge on any atom is -0.338 e. The molecule has 2 heterocycles. The fourth-order valence-corrected chi connectivity index (χ4v) is 3.71. The maximum Gasteiger partial charge on any atom is 0.0843 e. The predicted octanol–water partition coefficient (Wildman–Crippen LogP) is 4.24. The summed E-state index contributed by atoms with van der Waals surface area (Å²) in [7, 11) is 2.14. The lowest BCUT2D eigenvalue weighted by Crippen LogP contribution is -2.18. The van der Waals surface area contributed by atoms with Crippen LogP contribution in [0.1, 0.15) is 12.5 Å². The van der Waals surface area contributed by atoms with Gasteiger partial charge < -0.3 is 4.57 Å². The van der Waals surface area contributed by atoms with Crippen molar-refractivity contribution in [2.24, 2.45) is 7.05 Å². The van der Waals surface area contributed by atoms with Crippen molar-refractivity contribution in [3.05, 3.63) is 54.0 Å². The van der Waals surface area contributed by atoms with Gasteiger partial charge in [0.25, 0.3) is 0 Å². The van der Waals surface area contributed by atoms with Gasteiger partial charge in [-0.05, 0) is 18.4 Å². The topological polar surface area (TPSA) is 4.93 Å². The van der Waals surface area contributed by atoms with Gasteiger partial charge in [-0.3, -0.25) is 0 Å². The Labute approximate surface area is 106 Å². The van der Waals surface area contributed by atoms with Crippen LogP contribution in [0.4, 0.5) is 0 Å². The highest BCUT2D eigenvalue weighted by atomic mass is 32.2.